The van der Waals surface area contributed by atoms with Gasteiger partial charge in [-0.3, -0.25) is 0 Å². The van der Waals surface area contributed by atoms with Crippen LogP contribution in [0.3, 0.4) is 0 Å². The standard InChI is InChI=1S/C11H16FN3O/c12-9-1-2-10(8(5-9)6-13)15-4-3-14-7-11(15)16/h1-2,5,11,14,16H,3-4,6-7,13H2. The molecule has 16 heavy (non-hydrogen) atoms. The van der Waals surface area contributed by atoms with Crippen molar-refractivity contribution in [3.63, 3.8) is 0 Å². The molecule has 4 N–H and O–H groups in total. The maximum atomic E-state index is 13.0. The highest BCUT2D eigenvalue weighted by Gasteiger charge is 2.21. The molecule has 0 bridgehead atoms. The van der Waals surface area contributed by atoms with Crippen LogP contribution in [-0.2, 0) is 6.54 Å². The summed E-state index contributed by atoms with van der Waals surface area (Å²) in [6.07, 6.45) is -0.579. The summed E-state index contributed by atoms with van der Waals surface area (Å²) in [5.41, 5.74) is 7.12. The Morgan fingerprint density at radius 1 is 1.56 bits per heavy atom. The van der Waals surface area contributed by atoms with E-state index in [2.05, 4.69) is 5.32 Å². The molecule has 0 saturated carbocycles. The van der Waals surface area contributed by atoms with Crippen LogP contribution < -0.4 is 16.0 Å². The molecule has 88 valence electrons. The highest BCUT2D eigenvalue weighted by atomic mass is 19.1. The number of nitrogens with two attached hydrogens (primary N) is 1. The Kier molecular flexibility index (Phi) is 3.38. The second kappa shape index (κ2) is 4.78. The van der Waals surface area contributed by atoms with E-state index < -0.39 is 6.23 Å². The molecule has 0 aromatic heterocycles. The fourth-order valence-electron chi connectivity index (χ4n) is 1.97. The van der Waals surface area contributed by atoms with Gasteiger partial charge in [0.1, 0.15) is 12.0 Å². The molecule has 1 aromatic carbocycles. The van der Waals surface area contributed by atoms with Crippen molar-refractivity contribution in [2.75, 3.05) is 24.5 Å². The SMILES string of the molecule is NCc1cc(F)ccc1N1CCNCC1O. The number of hydrogen-bond donors (Lipinski definition) is 3. The van der Waals surface area contributed by atoms with Crippen molar-refractivity contribution < 1.29 is 9.50 Å². The predicted molar refractivity (Wildman–Crippen MR) is 60.5 cm³/mol. The average Bonchev–Trinajstić information content (AvgIpc) is 2.30. The molecule has 1 aliphatic rings. The molecule has 1 unspecified atom stereocenters. The second-order valence-electron chi connectivity index (χ2n) is 3.86. The number of anilines is 1. The number of nitrogens with one attached hydrogen (secondary N) is 1. The molecule has 1 aromatic rings. The van der Waals surface area contributed by atoms with Crippen molar-refractivity contribution in [1.82, 2.24) is 5.32 Å². The van der Waals surface area contributed by atoms with Crippen LogP contribution in [0.5, 0.6) is 0 Å². The van der Waals surface area contributed by atoms with Gasteiger partial charge in [-0.1, -0.05) is 0 Å². The summed E-state index contributed by atoms with van der Waals surface area (Å²) in [5.74, 6) is -0.297. The van der Waals surface area contributed by atoms with E-state index in [-0.39, 0.29) is 12.4 Å². The third-order valence-corrected chi connectivity index (χ3v) is 2.79. The number of piperazine rings is 1. The summed E-state index contributed by atoms with van der Waals surface area (Å²) in [7, 11) is 0. The first-order chi connectivity index (χ1) is 7.72. The number of β-amino-alcohol motifs (C(OH)–C–C–N with tert-alkyl or cyclic N) is 1. The number of benzene rings is 1. The fraction of sp³-hybridized carbons (Fsp3) is 0.455. The minimum atomic E-state index is -0.579. The largest absolute Gasteiger partial charge is 0.372 e. The molecule has 0 aliphatic carbocycles. The lowest BCUT2D eigenvalue weighted by molar-refractivity contribution is 0.151. The van der Waals surface area contributed by atoms with E-state index in [4.69, 9.17) is 5.73 Å². The summed E-state index contributed by atoms with van der Waals surface area (Å²) in [5, 5.41) is 12.9. The minimum absolute atomic E-state index is 0.268. The van der Waals surface area contributed by atoms with Crippen LogP contribution in [0.4, 0.5) is 10.1 Å². The lowest BCUT2D eigenvalue weighted by Crippen LogP contribution is -2.51. The van der Waals surface area contributed by atoms with Gasteiger partial charge in [0.05, 0.1) is 0 Å². The summed E-state index contributed by atoms with van der Waals surface area (Å²) in [4.78, 5) is 1.85. The van der Waals surface area contributed by atoms with Crippen molar-refractivity contribution in [1.29, 1.82) is 0 Å². The van der Waals surface area contributed by atoms with Gasteiger partial charge in [-0.05, 0) is 23.8 Å². The van der Waals surface area contributed by atoms with Crippen molar-refractivity contribution in [3.8, 4) is 0 Å². The van der Waals surface area contributed by atoms with Crippen LogP contribution >= 0.6 is 0 Å². The van der Waals surface area contributed by atoms with Crippen LogP contribution in [0, 0.1) is 5.82 Å². The lowest BCUT2D eigenvalue weighted by Gasteiger charge is -2.35. The Bertz CT molecular complexity index is 372. The highest BCUT2D eigenvalue weighted by Crippen LogP contribution is 2.23. The fourth-order valence-corrected chi connectivity index (χ4v) is 1.97. The van der Waals surface area contributed by atoms with Gasteiger partial charge in [-0.15, -0.1) is 0 Å². The Hall–Kier alpha value is -1.17. The van der Waals surface area contributed by atoms with E-state index in [0.717, 1.165) is 17.8 Å². The first-order valence-corrected chi connectivity index (χ1v) is 5.36. The number of aliphatic hydroxyl groups excluding tert-OH is 1. The second-order valence-corrected chi connectivity index (χ2v) is 3.86. The number of halogens is 1. The number of aliphatic hydroxyl groups is 1. The van der Waals surface area contributed by atoms with E-state index in [1.165, 1.54) is 12.1 Å². The van der Waals surface area contributed by atoms with Gasteiger partial charge in [0.2, 0.25) is 0 Å². The highest BCUT2D eigenvalue weighted by molar-refractivity contribution is 5.54. The maximum absolute atomic E-state index is 13.0. The third-order valence-electron chi connectivity index (χ3n) is 2.79. The minimum Gasteiger partial charge on any atom is -0.372 e. The van der Waals surface area contributed by atoms with Crippen LogP contribution in [0.25, 0.3) is 0 Å². The van der Waals surface area contributed by atoms with Gasteiger partial charge >= 0.3 is 0 Å². The molecule has 1 atom stereocenters. The summed E-state index contributed by atoms with van der Waals surface area (Å²) >= 11 is 0. The molecular formula is C11H16FN3O. The molecule has 0 amide bonds. The Labute approximate surface area is 93.9 Å². The molecule has 1 aliphatic heterocycles. The van der Waals surface area contributed by atoms with E-state index in [1.807, 2.05) is 4.90 Å². The van der Waals surface area contributed by atoms with Gasteiger partial charge in [-0.25, -0.2) is 4.39 Å². The van der Waals surface area contributed by atoms with Crippen molar-refractivity contribution in [2.45, 2.75) is 12.8 Å². The number of nitrogens with zero attached hydrogens (tertiary/aromatic N) is 1. The molecule has 5 heteroatoms. The summed E-state index contributed by atoms with van der Waals surface area (Å²) < 4.78 is 13.0. The van der Waals surface area contributed by atoms with Crippen LogP contribution in [0.1, 0.15) is 5.56 Å². The third kappa shape index (κ3) is 2.16. The van der Waals surface area contributed by atoms with Gasteiger partial charge in [0.15, 0.2) is 0 Å². The van der Waals surface area contributed by atoms with Crippen molar-refractivity contribution in [3.05, 3.63) is 29.6 Å². The summed E-state index contributed by atoms with van der Waals surface area (Å²) in [6, 6.07) is 4.49. The topological polar surface area (TPSA) is 61.5 Å². The predicted octanol–water partition coefficient (Wildman–Crippen LogP) is 0.0124. The van der Waals surface area contributed by atoms with Crippen LogP contribution in [-0.4, -0.2) is 31.0 Å². The first-order valence-electron chi connectivity index (χ1n) is 5.36. The molecule has 2 rings (SSSR count). The van der Waals surface area contributed by atoms with Crippen LogP contribution in [0.2, 0.25) is 0 Å². The zero-order valence-electron chi connectivity index (χ0n) is 8.99. The van der Waals surface area contributed by atoms with Crippen molar-refractivity contribution in [2.24, 2.45) is 5.73 Å². The average molecular weight is 225 g/mol. The van der Waals surface area contributed by atoms with Crippen molar-refractivity contribution >= 4 is 5.69 Å². The number of rotatable bonds is 2. The molecule has 1 heterocycles. The lowest BCUT2D eigenvalue weighted by atomic mass is 10.1. The summed E-state index contributed by atoms with van der Waals surface area (Å²) in [6.45, 7) is 2.28. The van der Waals surface area contributed by atoms with Gasteiger partial charge in [0.25, 0.3) is 0 Å². The van der Waals surface area contributed by atoms with Gasteiger partial charge in [0, 0.05) is 31.9 Å². The van der Waals surface area contributed by atoms with E-state index >= 15 is 0 Å². The molecule has 0 spiro atoms. The molecule has 4 nitrogen and oxygen atoms in total. The Morgan fingerprint density at radius 2 is 2.38 bits per heavy atom. The Morgan fingerprint density at radius 3 is 3.06 bits per heavy atom. The zero-order chi connectivity index (χ0) is 11.5. The molecule has 1 saturated heterocycles. The molecule has 0 radical (unpaired) electrons. The normalized spacial score (nSPS) is 21.2. The first kappa shape index (κ1) is 11.3. The molecular weight excluding hydrogens is 209 g/mol. The van der Waals surface area contributed by atoms with E-state index in [0.29, 0.717) is 13.1 Å². The molecule has 1 fully saturated rings. The maximum Gasteiger partial charge on any atom is 0.139 e. The zero-order valence-corrected chi connectivity index (χ0v) is 8.99. The smallest absolute Gasteiger partial charge is 0.139 e. The monoisotopic (exact) mass is 225 g/mol. The van der Waals surface area contributed by atoms with Crippen LogP contribution in [0.15, 0.2) is 18.2 Å². The quantitative estimate of drug-likeness (QED) is 0.663. The van der Waals surface area contributed by atoms with Gasteiger partial charge in [-0.2, -0.15) is 0 Å². The Balaban J connectivity index is 2.30. The van der Waals surface area contributed by atoms with E-state index in [9.17, 15) is 9.50 Å². The number of hydrogen-bond acceptors (Lipinski definition) is 4. The van der Waals surface area contributed by atoms with E-state index in [1.54, 1.807) is 6.07 Å². The van der Waals surface area contributed by atoms with Gasteiger partial charge < -0.3 is 21.1 Å².